The molecule has 2 unspecified atom stereocenters. The van der Waals surface area contributed by atoms with Crippen molar-refractivity contribution in [3.8, 4) is 22.5 Å². The van der Waals surface area contributed by atoms with Gasteiger partial charge in [-0.1, -0.05) is 63.2 Å². The highest BCUT2D eigenvalue weighted by atomic mass is 16.3. The van der Waals surface area contributed by atoms with Crippen LogP contribution in [0.2, 0.25) is 0 Å². The predicted octanol–water partition coefficient (Wildman–Crippen LogP) is 6.02. The van der Waals surface area contributed by atoms with Gasteiger partial charge in [0.05, 0.1) is 11.6 Å². The Balaban J connectivity index is 1.38. The Labute approximate surface area is 234 Å². The van der Waals surface area contributed by atoms with Gasteiger partial charge in [0.25, 0.3) is 0 Å². The van der Waals surface area contributed by atoms with E-state index < -0.39 is 5.60 Å². The van der Waals surface area contributed by atoms with E-state index in [4.69, 9.17) is 9.97 Å². The average Bonchev–Trinajstić information content (AvgIpc) is 3.70. The highest BCUT2D eigenvalue weighted by Gasteiger charge is 2.30. The number of hydrogen-bond donors (Lipinski definition) is 2. The van der Waals surface area contributed by atoms with E-state index in [1.54, 1.807) is 0 Å². The van der Waals surface area contributed by atoms with Crippen LogP contribution in [0.4, 0.5) is 0 Å². The van der Waals surface area contributed by atoms with Crippen LogP contribution in [-0.4, -0.2) is 45.9 Å². The van der Waals surface area contributed by atoms with Gasteiger partial charge < -0.3 is 9.67 Å². The van der Waals surface area contributed by atoms with Crippen molar-refractivity contribution >= 4 is 11.2 Å². The number of aromatic nitrogens is 7. The number of benzene rings is 2. The molecule has 3 heterocycles. The monoisotopic (exact) mass is 535 g/mol. The van der Waals surface area contributed by atoms with Gasteiger partial charge in [0.2, 0.25) is 5.82 Å². The van der Waals surface area contributed by atoms with E-state index in [1.807, 2.05) is 25.1 Å². The normalized spacial score (nSPS) is 16.5. The van der Waals surface area contributed by atoms with Crippen LogP contribution in [0.3, 0.4) is 0 Å². The van der Waals surface area contributed by atoms with Crippen LogP contribution in [0.15, 0.2) is 48.5 Å². The maximum absolute atomic E-state index is 10.8. The van der Waals surface area contributed by atoms with E-state index in [1.165, 1.54) is 11.1 Å². The molecule has 6 rings (SSSR count). The van der Waals surface area contributed by atoms with Crippen molar-refractivity contribution < 1.29 is 5.11 Å². The zero-order valence-electron chi connectivity index (χ0n) is 23.9. The number of imidazole rings is 1. The van der Waals surface area contributed by atoms with E-state index in [0.717, 1.165) is 70.6 Å². The molecule has 0 saturated carbocycles. The van der Waals surface area contributed by atoms with Gasteiger partial charge in [-0.25, -0.2) is 9.97 Å². The van der Waals surface area contributed by atoms with Crippen molar-refractivity contribution in [1.29, 1.82) is 0 Å². The van der Waals surface area contributed by atoms with Crippen LogP contribution >= 0.6 is 0 Å². The van der Waals surface area contributed by atoms with E-state index in [0.29, 0.717) is 12.2 Å². The highest BCUT2D eigenvalue weighted by Crippen LogP contribution is 2.40. The lowest BCUT2D eigenvalue weighted by atomic mass is 9.87. The standard InChI is InChI=1S/C32H37N7O/c1-6-28-34-29-20(4)17-23(15-16-32(5,40)19(2)3)33-31(29)39(28)27-14-12-22-18-21(11-13-25(22)27)24-9-7-8-10-26(24)30-35-37-38-36-30/h7-11,13,17-19,27,40H,6,12,14-16H2,1-5H3,(H,35,36,37,38). The number of aryl methyl sites for hydroxylation is 4. The Hall–Kier alpha value is -3.91. The Morgan fingerprint density at radius 1 is 1.10 bits per heavy atom. The number of aliphatic hydroxyl groups is 1. The molecule has 40 heavy (non-hydrogen) atoms. The SMILES string of the molecule is CCc1nc2c(C)cc(CCC(C)(O)C(C)C)nc2n1C1CCc2cc(-c3ccccc3-c3nn[nH]n3)ccc21. The van der Waals surface area contributed by atoms with E-state index >= 15 is 0 Å². The fourth-order valence-electron chi connectivity index (χ4n) is 5.94. The molecule has 1 aliphatic rings. The van der Waals surface area contributed by atoms with Crippen molar-refractivity contribution in [2.75, 3.05) is 0 Å². The van der Waals surface area contributed by atoms with Gasteiger partial charge in [0.1, 0.15) is 11.3 Å². The van der Waals surface area contributed by atoms with Crippen molar-refractivity contribution in [3.05, 3.63) is 76.7 Å². The second-order valence-corrected chi connectivity index (χ2v) is 11.6. The molecule has 5 aromatic rings. The lowest BCUT2D eigenvalue weighted by Gasteiger charge is -2.27. The molecule has 0 radical (unpaired) electrons. The number of tetrazole rings is 1. The summed E-state index contributed by atoms with van der Waals surface area (Å²) in [6.07, 6.45) is 4.26. The van der Waals surface area contributed by atoms with Crippen LogP contribution in [0.1, 0.15) is 74.8 Å². The Bertz CT molecular complexity index is 1670. The van der Waals surface area contributed by atoms with Crippen LogP contribution in [0.5, 0.6) is 0 Å². The molecule has 0 amide bonds. The second kappa shape index (κ2) is 10.2. The topological polar surface area (TPSA) is 105 Å². The number of H-pyrrole nitrogens is 1. The Morgan fingerprint density at radius 2 is 1.90 bits per heavy atom. The molecule has 0 aliphatic heterocycles. The number of fused-ring (bicyclic) bond motifs is 2. The maximum atomic E-state index is 10.8. The summed E-state index contributed by atoms with van der Waals surface area (Å²) in [5.41, 5.74) is 9.28. The summed E-state index contributed by atoms with van der Waals surface area (Å²) in [4.78, 5) is 10.2. The fourth-order valence-corrected chi connectivity index (χ4v) is 5.94. The van der Waals surface area contributed by atoms with Crippen LogP contribution < -0.4 is 0 Å². The first-order valence-electron chi connectivity index (χ1n) is 14.3. The average molecular weight is 536 g/mol. The lowest BCUT2D eigenvalue weighted by molar-refractivity contribution is 0.00548. The fraction of sp³-hybridized carbons (Fsp3) is 0.406. The molecule has 0 fully saturated rings. The zero-order chi connectivity index (χ0) is 28.0. The number of rotatable bonds is 8. The number of hydrogen-bond acceptors (Lipinski definition) is 6. The Kier molecular flexibility index (Phi) is 6.74. The third-order valence-electron chi connectivity index (χ3n) is 8.74. The predicted molar refractivity (Wildman–Crippen MR) is 157 cm³/mol. The number of nitrogens with one attached hydrogen (secondary N) is 1. The first kappa shape index (κ1) is 26.3. The third kappa shape index (κ3) is 4.60. The molecular weight excluding hydrogens is 498 g/mol. The minimum Gasteiger partial charge on any atom is -0.390 e. The van der Waals surface area contributed by atoms with E-state index in [-0.39, 0.29) is 12.0 Å². The zero-order valence-corrected chi connectivity index (χ0v) is 23.9. The molecule has 1 aliphatic carbocycles. The molecule has 0 bridgehead atoms. The van der Waals surface area contributed by atoms with Crippen molar-refractivity contribution in [2.45, 2.75) is 78.4 Å². The van der Waals surface area contributed by atoms with E-state index in [9.17, 15) is 5.11 Å². The van der Waals surface area contributed by atoms with Crippen molar-refractivity contribution in [1.82, 2.24) is 35.2 Å². The van der Waals surface area contributed by atoms with Gasteiger partial charge in [-0.05, 0) is 84.5 Å². The molecule has 2 aromatic carbocycles. The van der Waals surface area contributed by atoms with Crippen molar-refractivity contribution in [3.63, 3.8) is 0 Å². The second-order valence-electron chi connectivity index (χ2n) is 11.6. The molecular formula is C32H37N7O. The minimum atomic E-state index is -0.718. The molecule has 8 heteroatoms. The lowest BCUT2D eigenvalue weighted by Crippen LogP contribution is -2.31. The van der Waals surface area contributed by atoms with Crippen LogP contribution in [0.25, 0.3) is 33.7 Å². The molecule has 2 N–H and O–H groups in total. The quantitative estimate of drug-likeness (QED) is 0.252. The first-order valence-corrected chi connectivity index (χ1v) is 14.3. The van der Waals surface area contributed by atoms with E-state index in [2.05, 4.69) is 83.2 Å². The summed E-state index contributed by atoms with van der Waals surface area (Å²) < 4.78 is 2.38. The minimum absolute atomic E-state index is 0.189. The summed E-state index contributed by atoms with van der Waals surface area (Å²) in [7, 11) is 0. The molecule has 2 atom stereocenters. The third-order valence-corrected chi connectivity index (χ3v) is 8.74. The molecule has 0 spiro atoms. The smallest absolute Gasteiger partial charge is 0.205 e. The summed E-state index contributed by atoms with van der Waals surface area (Å²) >= 11 is 0. The number of aromatic amines is 1. The summed E-state index contributed by atoms with van der Waals surface area (Å²) in [5, 5.41) is 25.6. The number of nitrogens with zero attached hydrogens (tertiary/aromatic N) is 6. The number of pyridine rings is 1. The maximum Gasteiger partial charge on any atom is 0.205 e. The van der Waals surface area contributed by atoms with Gasteiger partial charge in [-0.2, -0.15) is 5.21 Å². The Morgan fingerprint density at radius 3 is 2.62 bits per heavy atom. The summed E-state index contributed by atoms with van der Waals surface area (Å²) in [5.74, 6) is 1.86. The largest absolute Gasteiger partial charge is 0.390 e. The van der Waals surface area contributed by atoms with Gasteiger partial charge in [-0.3, -0.25) is 0 Å². The van der Waals surface area contributed by atoms with Gasteiger partial charge in [-0.15, -0.1) is 10.2 Å². The molecule has 8 nitrogen and oxygen atoms in total. The molecule has 206 valence electrons. The summed E-state index contributed by atoms with van der Waals surface area (Å²) in [6.45, 7) is 10.4. The van der Waals surface area contributed by atoms with Crippen LogP contribution in [0, 0.1) is 12.8 Å². The highest BCUT2D eigenvalue weighted by molar-refractivity contribution is 5.81. The molecule has 3 aromatic heterocycles. The van der Waals surface area contributed by atoms with Gasteiger partial charge in [0.15, 0.2) is 5.65 Å². The summed E-state index contributed by atoms with van der Waals surface area (Å²) in [6, 6.07) is 17.3. The van der Waals surface area contributed by atoms with Crippen LogP contribution in [-0.2, 0) is 19.3 Å². The first-order chi connectivity index (χ1) is 19.3. The van der Waals surface area contributed by atoms with Crippen molar-refractivity contribution in [2.24, 2.45) is 5.92 Å². The van der Waals surface area contributed by atoms with Gasteiger partial charge in [0, 0.05) is 17.7 Å². The molecule has 0 saturated heterocycles. The van der Waals surface area contributed by atoms with Gasteiger partial charge >= 0.3 is 0 Å².